The van der Waals surface area contributed by atoms with Crippen molar-refractivity contribution in [1.82, 2.24) is 15.2 Å². The van der Waals surface area contributed by atoms with Gasteiger partial charge < -0.3 is 24.3 Å². The summed E-state index contributed by atoms with van der Waals surface area (Å²) in [6.07, 6.45) is 2.67. The first-order valence-electron chi connectivity index (χ1n) is 8.99. The van der Waals surface area contributed by atoms with Crippen LogP contribution in [-0.2, 0) is 16.1 Å². The number of anilines is 1. The molecule has 2 fully saturated rings. The van der Waals surface area contributed by atoms with E-state index in [4.69, 9.17) is 9.15 Å². The Morgan fingerprint density at radius 1 is 1.30 bits per heavy atom. The minimum Gasteiger partial charge on any atom is -0.464 e. The molecule has 2 saturated heterocycles. The number of esters is 1. The molecule has 4 rings (SSSR count). The van der Waals surface area contributed by atoms with Crippen LogP contribution < -0.4 is 10.2 Å². The van der Waals surface area contributed by atoms with Crippen LogP contribution in [0.5, 0.6) is 0 Å². The molecule has 2 aromatic rings. The molecule has 142 valence electrons. The molecule has 1 N–H and O–H groups in total. The van der Waals surface area contributed by atoms with Gasteiger partial charge in [0.25, 0.3) is 0 Å². The maximum absolute atomic E-state index is 13.4. The average Bonchev–Trinajstić information content (AvgIpc) is 3.28. The minimum atomic E-state index is -0.571. The van der Waals surface area contributed by atoms with Gasteiger partial charge in [0.1, 0.15) is 5.54 Å². The number of ether oxygens (including phenoxy) is 1. The van der Waals surface area contributed by atoms with Gasteiger partial charge >= 0.3 is 5.97 Å². The van der Waals surface area contributed by atoms with E-state index in [2.05, 4.69) is 15.2 Å². The number of para-hydroxylation sites is 1. The monoisotopic (exact) mass is 370 g/mol. The standard InChI is InChI=1S/C19H22N4O4/c1-26-17(24)16-15(27-12-21-16)11-22-13-23(14-5-3-2-4-6-14)19(18(22)25)7-9-20-10-8-19/h2-6,12,20H,7-11,13H2,1H3. The fourth-order valence-corrected chi connectivity index (χ4v) is 3.98. The van der Waals surface area contributed by atoms with Gasteiger partial charge in [-0.15, -0.1) is 0 Å². The van der Waals surface area contributed by atoms with Crippen molar-refractivity contribution in [2.45, 2.75) is 24.9 Å². The number of aromatic nitrogens is 1. The topological polar surface area (TPSA) is 87.9 Å². The van der Waals surface area contributed by atoms with E-state index in [0.29, 0.717) is 12.4 Å². The van der Waals surface area contributed by atoms with Gasteiger partial charge in [-0.2, -0.15) is 0 Å². The summed E-state index contributed by atoms with van der Waals surface area (Å²) < 4.78 is 10.1. The molecule has 0 radical (unpaired) electrons. The van der Waals surface area contributed by atoms with Gasteiger partial charge in [0, 0.05) is 5.69 Å². The molecule has 0 atom stereocenters. The summed E-state index contributed by atoms with van der Waals surface area (Å²) in [6, 6.07) is 9.96. The molecule has 1 spiro atoms. The second kappa shape index (κ2) is 7.03. The van der Waals surface area contributed by atoms with E-state index < -0.39 is 11.5 Å². The summed E-state index contributed by atoms with van der Waals surface area (Å²) in [5, 5.41) is 3.33. The molecule has 0 saturated carbocycles. The van der Waals surface area contributed by atoms with Crippen molar-refractivity contribution in [3.05, 3.63) is 48.2 Å². The van der Waals surface area contributed by atoms with Crippen molar-refractivity contribution >= 4 is 17.6 Å². The molecular weight excluding hydrogens is 348 g/mol. The quantitative estimate of drug-likeness (QED) is 0.814. The lowest BCUT2D eigenvalue weighted by atomic mass is 9.86. The van der Waals surface area contributed by atoms with Crippen LogP contribution in [0.3, 0.4) is 0 Å². The Bertz CT molecular complexity index is 829. The van der Waals surface area contributed by atoms with Gasteiger partial charge in [0.15, 0.2) is 17.8 Å². The maximum Gasteiger partial charge on any atom is 0.360 e. The lowest BCUT2D eigenvalue weighted by molar-refractivity contribution is -0.133. The van der Waals surface area contributed by atoms with Crippen LogP contribution in [-0.4, -0.2) is 54.2 Å². The van der Waals surface area contributed by atoms with E-state index in [1.807, 2.05) is 30.3 Å². The molecular formula is C19H22N4O4. The first-order valence-corrected chi connectivity index (χ1v) is 8.99. The maximum atomic E-state index is 13.4. The minimum absolute atomic E-state index is 0.0556. The van der Waals surface area contributed by atoms with Crippen LogP contribution in [0.25, 0.3) is 0 Å². The molecule has 2 aliphatic heterocycles. The highest BCUT2D eigenvalue weighted by Gasteiger charge is 2.53. The highest BCUT2D eigenvalue weighted by atomic mass is 16.5. The number of benzene rings is 1. The SMILES string of the molecule is COC(=O)c1ncoc1CN1CN(c2ccccc2)C2(CCNCC2)C1=O. The molecule has 0 bridgehead atoms. The first kappa shape index (κ1) is 17.5. The molecule has 0 aliphatic carbocycles. The number of amides is 1. The Labute approximate surface area is 157 Å². The second-order valence-corrected chi connectivity index (χ2v) is 6.81. The summed E-state index contributed by atoms with van der Waals surface area (Å²) in [5.41, 5.74) is 0.557. The van der Waals surface area contributed by atoms with E-state index in [9.17, 15) is 9.59 Å². The van der Waals surface area contributed by atoms with E-state index >= 15 is 0 Å². The summed E-state index contributed by atoms with van der Waals surface area (Å²) in [7, 11) is 1.29. The number of carbonyl (C=O) groups is 2. The predicted octanol–water partition coefficient (Wildman–Crippen LogP) is 1.39. The zero-order chi connectivity index (χ0) is 18.9. The van der Waals surface area contributed by atoms with Crippen LogP contribution in [0.15, 0.2) is 41.1 Å². The summed E-state index contributed by atoms with van der Waals surface area (Å²) in [5.74, 6) is -0.170. The Hall–Kier alpha value is -2.87. The van der Waals surface area contributed by atoms with E-state index in [1.165, 1.54) is 13.5 Å². The fraction of sp³-hybridized carbons (Fsp3) is 0.421. The van der Waals surface area contributed by atoms with Crippen LogP contribution in [0, 0.1) is 0 Å². The molecule has 2 aliphatic rings. The fourth-order valence-electron chi connectivity index (χ4n) is 3.98. The Morgan fingerprint density at radius 2 is 2.04 bits per heavy atom. The lowest BCUT2D eigenvalue weighted by Gasteiger charge is -2.40. The number of carbonyl (C=O) groups excluding carboxylic acids is 2. The Balaban J connectivity index is 1.65. The zero-order valence-corrected chi connectivity index (χ0v) is 15.2. The van der Waals surface area contributed by atoms with E-state index in [-0.39, 0.29) is 18.1 Å². The summed E-state index contributed by atoms with van der Waals surface area (Å²) in [4.78, 5) is 33.1. The molecule has 0 unspecified atom stereocenters. The van der Waals surface area contributed by atoms with Gasteiger partial charge in [-0.25, -0.2) is 9.78 Å². The van der Waals surface area contributed by atoms with Gasteiger partial charge in [0.05, 0.1) is 20.3 Å². The highest BCUT2D eigenvalue weighted by molar-refractivity contribution is 5.94. The third kappa shape index (κ3) is 2.95. The van der Waals surface area contributed by atoms with Crippen molar-refractivity contribution in [3.63, 3.8) is 0 Å². The van der Waals surface area contributed by atoms with E-state index in [1.54, 1.807) is 4.90 Å². The first-order chi connectivity index (χ1) is 13.2. The van der Waals surface area contributed by atoms with Crippen molar-refractivity contribution in [3.8, 4) is 0 Å². The van der Waals surface area contributed by atoms with Crippen LogP contribution in [0.1, 0.15) is 29.1 Å². The Morgan fingerprint density at radius 3 is 2.74 bits per heavy atom. The molecule has 3 heterocycles. The summed E-state index contributed by atoms with van der Waals surface area (Å²) >= 11 is 0. The third-order valence-corrected chi connectivity index (χ3v) is 5.37. The number of piperidine rings is 1. The Kier molecular flexibility index (Phi) is 4.57. The van der Waals surface area contributed by atoms with Gasteiger partial charge in [-0.3, -0.25) is 4.79 Å². The smallest absolute Gasteiger partial charge is 0.360 e. The molecule has 27 heavy (non-hydrogen) atoms. The average molecular weight is 370 g/mol. The second-order valence-electron chi connectivity index (χ2n) is 6.81. The molecule has 8 nitrogen and oxygen atoms in total. The number of hydrogen-bond donors (Lipinski definition) is 1. The van der Waals surface area contributed by atoms with Crippen molar-refractivity contribution < 1.29 is 18.7 Å². The number of hydrogen-bond acceptors (Lipinski definition) is 7. The largest absolute Gasteiger partial charge is 0.464 e. The van der Waals surface area contributed by atoms with Gasteiger partial charge in [-0.05, 0) is 38.1 Å². The highest BCUT2D eigenvalue weighted by Crippen LogP contribution is 2.38. The number of nitrogens with one attached hydrogen (secondary N) is 1. The summed E-state index contributed by atoms with van der Waals surface area (Å²) in [6.45, 7) is 2.20. The molecule has 1 aromatic carbocycles. The zero-order valence-electron chi connectivity index (χ0n) is 15.2. The van der Waals surface area contributed by atoms with Gasteiger partial charge in [-0.1, -0.05) is 18.2 Å². The van der Waals surface area contributed by atoms with Gasteiger partial charge in [0.2, 0.25) is 5.91 Å². The predicted molar refractivity (Wildman–Crippen MR) is 97.0 cm³/mol. The van der Waals surface area contributed by atoms with E-state index in [0.717, 1.165) is 31.6 Å². The van der Waals surface area contributed by atoms with Crippen molar-refractivity contribution in [2.24, 2.45) is 0 Å². The number of rotatable bonds is 4. The van der Waals surface area contributed by atoms with Crippen LogP contribution in [0.4, 0.5) is 5.69 Å². The molecule has 1 amide bonds. The van der Waals surface area contributed by atoms with Crippen LogP contribution in [0.2, 0.25) is 0 Å². The number of nitrogens with zero attached hydrogens (tertiary/aromatic N) is 3. The van der Waals surface area contributed by atoms with Crippen molar-refractivity contribution in [2.75, 3.05) is 31.8 Å². The third-order valence-electron chi connectivity index (χ3n) is 5.37. The van der Waals surface area contributed by atoms with Crippen LogP contribution >= 0.6 is 0 Å². The van der Waals surface area contributed by atoms with Crippen molar-refractivity contribution in [1.29, 1.82) is 0 Å². The normalized spacial score (nSPS) is 18.9. The number of methoxy groups -OCH3 is 1. The number of oxazole rings is 1. The molecule has 1 aromatic heterocycles. The molecule has 8 heteroatoms. The lowest BCUT2D eigenvalue weighted by Crippen LogP contribution is -2.55.